The molecule has 0 radical (unpaired) electrons. The monoisotopic (exact) mass is 365 g/mol. The van der Waals surface area contributed by atoms with E-state index in [2.05, 4.69) is 21.3 Å². The maximum absolute atomic E-state index is 12.8. The second-order valence-electron chi connectivity index (χ2n) is 7.59. The third-order valence-corrected chi connectivity index (χ3v) is 5.64. The second kappa shape index (κ2) is 8.13. The van der Waals surface area contributed by atoms with Crippen LogP contribution < -0.4 is 10.2 Å². The van der Waals surface area contributed by atoms with Crippen molar-refractivity contribution in [2.75, 3.05) is 31.1 Å². The number of Topliss-reactive ketones (excluding diaryl/α,β-unsaturated/α-hetero) is 1. The Labute approximate surface area is 160 Å². The highest BCUT2D eigenvalue weighted by Gasteiger charge is 2.28. The lowest BCUT2D eigenvalue weighted by Gasteiger charge is -2.33. The Morgan fingerprint density at radius 2 is 2.04 bits per heavy atom. The molecule has 0 amide bonds. The molecule has 0 bridgehead atoms. The molecule has 4 heterocycles. The summed E-state index contributed by atoms with van der Waals surface area (Å²) in [6, 6.07) is 7.68. The zero-order valence-corrected chi connectivity index (χ0v) is 15.9. The number of anilines is 1. The minimum atomic E-state index is -0.0220. The van der Waals surface area contributed by atoms with Crippen LogP contribution in [0.1, 0.15) is 53.6 Å². The SMILES string of the molecule is Cc1nc(C2CCNCC2)cc(N2CCC[C@@H](C(=O)c3ccccn3)C2)n1. The summed E-state index contributed by atoms with van der Waals surface area (Å²) in [5.41, 5.74) is 1.72. The molecule has 4 rings (SSSR count). The van der Waals surface area contributed by atoms with Gasteiger partial charge < -0.3 is 10.2 Å². The lowest BCUT2D eigenvalue weighted by atomic mass is 9.91. The minimum absolute atomic E-state index is 0.0220. The van der Waals surface area contributed by atoms with Gasteiger partial charge in [-0.2, -0.15) is 0 Å². The van der Waals surface area contributed by atoms with Crippen molar-refractivity contribution in [3.05, 3.63) is 47.7 Å². The Kier molecular flexibility index (Phi) is 5.43. The van der Waals surface area contributed by atoms with Crippen LogP contribution in [0.4, 0.5) is 5.82 Å². The van der Waals surface area contributed by atoms with Crippen LogP contribution in [0.5, 0.6) is 0 Å². The third kappa shape index (κ3) is 4.16. The molecule has 2 aliphatic rings. The molecular weight excluding hydrogens is 338 g/mol. The van der Waals surface area contributed by atoms with Gasteiger partial charge in [0, 0.05) is 42.9 Å². The van der Waals surface area contributed by atoms with Crippen molar-refractivity contribution < 1.29 is 4.79 Å². The van der Waals surface area contributed by atoms with Gasteiger partial charge in [-0.1, -0.05) is 6.07 Å². The van der Waals surface area contributed by atoms with Crippen LogP contribution >= 0.6 is 0 Å². The highest BCUT2D eigenvalue weighted by Crippen LogP contribution is 2.29. The van der Waals surface area contributed by atoms with E-state index in [4.69, 9.17) is 9.97 Å². The molecule has 27 heavy (non-hydrogen) atoms. The molecule has 0 aliphatic carbocycles. The number of nitrogens with one attached hydrogen (secondary N) is 1. The average molecular weight is 365 g/mol. The molecule has 0 spiro atoms. The van der Waals surface area contributed by atoms with Crippen LogP contribution in [-0.4, -0.2) is 46.9 Å². The van der Waals surface area contributed by atoms with Crippen LogP contribution in [0.2, 0.25) is 0 Å². The molecule has 142 valence electrons. The Balaban J connectivity index is 1.52. The van der Waals surface area contributed by atoms with E-state index in [0.717, 1.165) is 62.7 Å². The Morgan fingerprint density at radius 3 is 2.81 bits per heavy atom. The van der Waals surface area contributed by atoms with Gasteiger partial charge in [0.1, 0.15) is 17.3 Å². The number of pyridine rings is 1. The predicted octanol–water partition coefficient (Wildman–Crippen LogP) is 2.75. The van der Waals surface area contributed by atoms with Crippen molar-refractivity contribution in [2.24, 2.45) is 5.92 Å². The topological polar surface area (TPSA) is 71.0 Å². The number of carbonyl (C=O) groups excluding carboxylic acids is 1. The summed E-state index contributed by atoms with van der Waals surface area (Å²) < 4.78 is 0. The summed E-state index contributed by atoms with van der Waals surface area (Å²) in [5, 5.41) is 3.41. The Hall–Kier alpha value is -2.34. The first-order valence-electron chi connectivity index (χ1n) is 9.97. The molecule has 0 unspecified atom stereocenters. The average Bonchev–Trinajstić information content (AvgIpc) is 2.74. The fourth-order valence-corrected chi connectivity index (χ4v) is 4.18. The fraction of sp³-hybridized carbons (Fsp3) is 0.524. The molecular formula is C21H27N5O. The zero-order chi connectivity index (χ0) is 18.6. The van der Waals surface area contributed by atoms with Crippen LogP contribution in [0.15, 0.2) is 30.5 Å². The first-order chi connectivity index (χ1) is 13.2. The normalized spacial score (nSPS) is 21.2. The summed E-state index contributed by atoms with van der Waals surface area (Å²) in [6.45, 7) is 5.71. The molecule has 6 nitrogen and oxygen atoms in total. The summed E-state index contributed by atoms with van der Waals surface area (Å²) in [6.07, 6.45) is 5.84. The number of rotatable bonds is 4. The summed E-state index contributed by atoms with van der Waals surface area (Å²) in [5.74, 6) is 2.41. The molecule has 2 aliphatic heterocycles. The number of nitrogens with zero attached hydrogens (tertiary/aromatic N) is 4. The van der Waals surface area contributed by atoms with Crippen molar-refractivity contribution >= 4 is 11.6 Å². The Bertz CT molecular complexity index is 788. The van der Waals surface area contributed by atoms with Gasteiger partial charge in [0.2, 0.25) is 0 Å². The van der Waals surface area contributed by atoms with Gasteiger partial charge >= 0.3 is 0 Å². The van der Waals surface area contributed by atoms with E-state index < -0.39 is 0 Å². The largest absolute Gasteiger partial charge is 0.356 e. The molecule has 2 fully saturated rings. The summed E-state index contributed by atoms with van der Waals surface area (Å²) in [4.78, 5) is 28.7. The number of aromatic nitrogens is 3. The molecule has 1 N–H and O–H groups in total. The van der Waals surface area contributed by atoms with Crippen LogP contribution in [0.3, 0.4) is 0 Å². The quantitative estimate of drug-likeness (QED) is 0.840. The number of piperidine rings is 2. The van der Waals surface area contributed by atoms with Gasteiger partial charge in [-0.15, -0.1) is 0 Å². The highest BCUT2D eigenvalue weighted by atomic mass is 16.1. The second-order valence-corrected chi connectivity index (χ2v) is 7.59. The van der Waals surface area contributed by atoms with Crippen LogP contribution in [0.25, 0.3) is 0 Å². The van der Waals surface area contributed by atoms with Gasteiger partial charge in [0.25, 0.3) is 0 Å². The van der Waals surface area contributed by atoms with Gasteiger partial charge in [-0.25, -0.2) is 9.97 Å². The number of carbonyl (C=O) groups is 1. The summed E-state index contributed by atoms with van der Waals surface area (Å²) in [7, 11) is 0. The van der Waals surface area contributed by atoms with Gasteiger partial charge in [0.05, 0.1) is 0 Å². The molecule has 2 aromatic rings. The third-order valence-electron chi connectivity index (χ3n) is 5.64. The zero-order valence-electron chi connectivity index (χ0n) is 15.9. The van der Waals surface area contributed by atoms with Crippen molar-refractivity contribution in [1.82, 2.24) is 20.3 Å². The van der Waals surface area contributed by atoms with Crippen LogP contribution in [-0.2, 0) is 0 Å². The maximum atomic E-state index is 12.8. The number of ketones is 1. The van der Waals surface area contributed by atoms with E-state index in [0.29, 0.717) is 18.2 Å². The predicted molar refractivity (Wildman–Crippen MR) is 105 cm³/mol. The smallest absolute Gasteiger partial charge is 0.185 e. The lowest BCUT2D eigenvalue weighted by Crippen LogP contribution is -2.39. The molecule has 1 atom stereocenters. The standard InChI is InChI=1S/C21H27N5O/c1-15-24-19(16-7-10-22-11-8-16)13-20(25-15)26-12-4-5-17(14-26)21(27)18-6-2-3-9-23-18/h2-3,6,9,13,16-17,22H,4-5,7-8,10-12,14H2,1H3/t17-/m1/s1. The first kappa shape index (κ1) is 18.0. The van der Waals surface area contributed by atoms with Crippen molar-refractivity contribution in [1.29, 1.82) is 0 Å². The van der Waals surface area contributed by atoms with Crippen molar-refractivity contribution in [2.45, 2.75) is 38.5 Å². The van der Waals surface area contributed by atoms with E-state index in [-0.39, 0.29) is 11.7 Å². The maximum Gasteiger partial charge on any atom is 0.185 e. The van der Waals surface area contributed by atoms with Gasteiger partial charge in [-0.3, -0.25) is 9.78 Å². The molecule has 0 saturated carbocycles. The summed E-state index contributed by atoms with van der Waals surface area (Å²) >= 11 is 0. The van der Waals surface area contributed by atoms with E-state index in [1.54, 1.807) is 6.20 Å². The van der Waals surface area contributed by atoms with Gasteiger partial charge in [-0.05, 0) is 57.8 Å². The highest BCUT2D eigenvalue weighted by molar-refractivity contribution is 5.96. The molecule has 6 heteroatoms. The van der Waals surface area contributed by atoms with E-state index in [1.165, 1.54) is 0 Å². The minimum Gasteiger partial charge on any atom is -0.356 e. The molecule has 2 aromatic heterocycles. The van der Waals surface area contributed by atoms with Crippen LogP contribution in [0, 0.1) is 12.8 Å². The van der Waals surface area contributed by atoms with E-state index >= 15 is 0 Å². The van der Waals surface area contributed by atoms with Crippen molar-refractivity contribution in [3.8, 4) is 0 Å². The number of hydrogen-bond acceptors (Lipinski definition) is 6. The fourth-order valence-electron chi connectivity index (χ4n) is 4.18. The van der Waals surface area contributed by atoms with E-state index in [9.17, 15) is 4.79 Å². The number of aryl methyl sites for hydroxylation is 1. The first-order valence-corrected chi connectivity index (χ1v) is 9.97. The molecule has 0 aromatic carbocycles. The Morgan fingerprint density at radius 1 is 1.19 bits per heavy atom. The number of hydrogen-bond donors (Lipinski definition) is 1. The molecule has 2 saturated heterocycles. The van der Waals surface area contributed by atoms with Crippen molar-refractivity contribution in [3.63, 3.8) is 0 Å². The van der Waals surface area contributed by atoms with Gasteiger partial charge in [0.15, 0.2) is 5.78 Å². The van der Waals surface area contributed by atoms with E-state index in [1.807, 2.05) is 25.1 Å². The lowest BCUT2D eigenvalue weighted by molar-refractivity contribution is 0.0902.